The van der Waals surface area contributed by atoms with E-state index in [9.17, 15) is 19.5 Å². The Morgan fingerprint density at radius 2 is 2.00 bits per heavy atom. The van der Waals surface area contributed by atoms with Gasteiger partial charge in [-0.2, -0.15) is 0 Å². The largest absolute Gasteiger partial charge is 0.481 e. The van der Waals surface area contributed by atoms with Crippen molar-refractivity contribution in [1.82, 2.24) is 10.2 Å². The van der Waals surface area contributed by atoms with Gasteiger partial charge in [0.15, 0.2) is 0 Å². The Balaban J connectivity index is 1.94. The number of urea groups is 1. The molecule has 1 aliphatic heterocycles. The number of rotatable bonds is 4. The van der Waals surface area contributed by atoms with Crippen molar-refractivity contribution in [2.24, 2.45) is 28.9 Å². The van der Waals surface area contributed by atoms with Crippen LogP contribution in [-0.4, -0.2) is 47.5 Å². The van der Waals surface area contributed by atoms with Crippen LogP contribution in [0.3, 0.4) is 0 Å². The van der Waals surface area contributed by atoms with Gasteiger partial charge < -0.3 is 21.1 Å². The standard InChI is InChI=1S/C14H23N3O4/c1-14(2)9(10(14)12(19)20)11(18)17-5-3-4-8(7-17)6-16-13(15)21/h8-10H,3-7H2,1-2H3,(H,19,20)(H3,15,16,21). The number of hydrogen-bond donors (Lipinski definition) is 3. The van der Waals surface area contributed by atoms with Crippen molar-refractivity contribution in [2.45, 2.75) is 26.7 Å². The zero-order valence-electron chi connectivity index (χ0n) is 12.5. The maximum Gasteiger partial charge on any atom is 0.312 e. The zero-order chi connectivity index (χ0) is 15.8. The van der Waals surface area contributed by atoms with E-state index in [1.54, 1.807) is 4.90 Å². The van der Waals surface area contributed by atoms with Gasteiger partial charge in [-0.15, -0.1) is 0 Å². The molecule has 3 atom stereocenters. The molecule has 21 heavy (non-hydrogen) atoms. The molecule has 3 amide bonds. The summed E-state index contributed by atoms with van der Waals surface area (Å²) in [5.74, 6) is -1.81. The quantitative estimate of drug-likeness (QED) is 0.690. The van der Waals surface area contributed by atoms with Crippen LogP contribution in [0.4, 0.5) is 4.79 Å². The summed E-state index contributed by atoms with van der Waals surface area (Å²) in [6, 6.07) is -0.562. The highest BCUT2D eigenvalue weighted by Gasteiger charge is 2.66. The van der Waals surface area contributed by atoms with Crippen molar-refractivity contribution in [1.29, 1.82) is 0 Å². The fourth-order valence-electron chi connectivity index (χ4n) is 3.43. The van der Waals surface area contributed by atoms with Crippen molar-refractivity contribution in [3.63, 3.8) is 0 Å². The molecule has 1 heterocycles. The molecule has 0 aromatic heterocycles. The fourth-order valence-corrected chi connectivity index (χ4v) is 3.43. The van der Waals surface area contributed by atoms with Gasteiger partial charge in [-0.3, -0.25) is 9.59 Å². The first-order valence-corrected chi connectivity index (χ1v) is 7.30. The van der Waals surface area contributed by atoms with Crippen LogP contribution < -0.4 is 11.1 Å². The lowest BCUT2D eigenvalue weighted by molar-refractivity contribution is -0.142. The number of nitrogens with zero attached hydrogens (tertiary/aromatic N) is 1. The number of aliphatic carboxylic acids is 1. The minimum Gasteiger partial charge on any atom is -0.481 e. The molecule has 3 unspecified atom stereocenters. The molecule has 2 aliphatic rings. The second-order valence-electron chi connectivity index (χ2n) is 6.65. The number of nitrogens with two attached hydrogens (primary N) is 1. The number of piperidine rings is 1. The van der Waals surface area contributed by atoms with E-state index >= 15 is 0 Å². The molecular formula is C14H23N3O4. The molecule has 118 valence electrons. The van der Waals surface area contributed by atoms with Crippen molar-refractivity contribution in [3.05, 3.63) is 0 Å². The number of hydrogen-bond acceptors (Lipinski definition) is 3. The number of carbonyl (C=O) groups is 3. The van der Waals surface area contributed by atoms with E-state index in [0.29, 0.717) is 19.6 Å². The van der Waals surface area contributed by atoms with E-state index in [0.717, 1.165) is 12.8 Å². The van der Waals surface area contributed by atoms with E-state index in [4.69, 9.17) is 5.73 Å². The maximum atomic E-state index is 12.5. The van der Waals surface area contributed by atoms with Crippen LogP contribution in [0.25, 0.3) is 0 Å². The Labute approximate surface area is 123 Å². The van der Waals surface area contributed by atoms with Crippen LogP contribution in [0.2, 0.25) is 0 Å². The second kappa shape index (κ2) is 5.54. The van der Waals surface area contributed by atoms with Gasteiger partial charge in [-0.25, -0.2) is 4.79 Å². The van der Waals surface area contributed by atoms with Gasteiger partial charge in [-0.05, 0) is 24.2 Å². The number of primary amides is 1. The third-order valence-corrected chi connectivity index (χ3v) is 4.76. The van der Waals surface area contributed by atoms with Crippen molar-refractivity contribution in [3.8, 4) is 0 Å². The Hall–Kier alpha value is -1.79. The highest BCUT2D eigenvalue weighted by atomic mass is 16.4. The summed E-state index contributed by atoms with van der Waals surface area (Å²) in [7, 11) is 0. The molecule has 1 aliphatic carbocycles. The molecule has 0 aromatic carbocycles. The summed E-state index contributed by atoms with van der Waals surface area (Å²) >= 11 is 0. The Morgan fingerprint density at radius 3 is 2.52 bits per heavy atom. The molecule has 0 bridgehead atoms. The van der Waals surface area contributed by atoms with Crippen LogP contribution in [-0.2, 0) is 9.59 Å². The summed E-state index contributed by atoms with van der Waals surface area (Å²) < 4.78 is 0. The molecular weight excluding hydrogens is 274 g/mol. The maximum absolute atomic E-state index is 12.5. The Bertz CT molecular complexity index is 463. The lowest BCUT2D eigenvalue weighted by atomic mass is 9.97. The SMILES string of the molecule is CC1(C)C(C(=O)O)C1C(=O)N1CCCC(CNC(N)=O)C1. The molecule has 2 fully saturated rings. The number of likely N-dealkylation sites (tertiary alicyclic amines) is 1. The second-order valence-corrected chi connectivity index (χ2v) is 6.65. The molecule has 4 N–H and O–H groups in total. The number of carbonyl (C=O) groups excluding carboxylic acids is 2. The minimum absolute atomic E-state index is 0.0730. The molecule has 0 spiro atoms. The summed E-state index contributed by atoms with van der Waals surface area (Å²) in [4.78, 5) is 36.2. The van der Waals surface area contributed by atoms with Crippen molar-refractivity contribution < 1.29 is 19.5 Å². The third kappa shape index (κ3) is 3.11. The van der Waals surface area contributed by atoms with Crippen LogP contribution in [0.1, 0.15) is 26.7 Å². The summed E-state index contributed by atoms with van der Waals surface area (Å²) in [6.45, 7) is 5.31. The number of nitrogens with one attached hydrogen (secondary N) is 1. The lowest BCUT2D eigenvalue weighted by Crippen LogP contribution is -2.45. The normalized spacial score (nSPS) is 30.6. The summed E-state index contributed by atoms with van der Waals surface area (Å²) in [6.07, 6.45) is 1.79. The predicted molar refractivity (Wildman–Crippen MR) is 75.3 cm³/mol. The van der Waals surface area contributed by atoms with Gasteiger partial charge >= 0.3 is 12.0 Å². The fraction of sp³-hybridized carbons (Fsp3) is 0.786. The lowest BCUT2D eigenvalue weighted by Gasteiger charge is -2.33. The van der Waals surface area contributed by atoms with Gasteiger partial charge in [0.05, 0.1) is 11.8 Å². The number of carboxylic acids is 1. The molecule has 0 aromatic rings. The Morgan fingerprint density at radius 1 is 1.33 bits per heavy atom. The molecule has 1 saturated carbocycles. The minimum atomic E-state index is -0.901. The molecule has 7 heteroatoms. The van der Waals surface area contributed by atoms with Crippen LogP contribution in [0.5, 0.6) is 0 Å². The topological polar surface area (TPSA) is 113 Å². The molecule has 0 radical (unpaired) electrons. The van der Waals surface area contributed by atoms with Gasteiger partial charge in [-0.1, -0.05) is 13.8 Å². The monoisotopic (exact) mass is 297 g/mol. The van der Waals surface area contributed by atoms with E-state index < -0.39 is 29.3 Å². The number of amides is 3. The van der Waals surface area contributed by atoms with E-state index in [2.05, 4.69) is 5.32 Å². The first kappa shape index (κ1) is 15.6. The van der Waals surface area contributed by atoms with Gasteiger partial charge in [0.2, 0.25) is 5.91 Å². The van der Waals surface area contributed by atoms with E-state index in [1.165, 1.54) is 0 Å². The molecule has 1 saturated heterocycles. The first-order chi connectivity index (χ1) is 9.75. The van der Waals surface area contributed by atoms with E-state index in [-0.39, 0.29) is 11.8 Å². The van der Waals surface area contributed by atoms with Crippen molar-refractivity contribution >= 4 is 17.9 Å². The van der Waals surface area contributed by atoms with Gasteiger partial charge in [0.25, 0.3) is 0 Å². The zero-order valence-corrected chi connectivity index (χ0v) is 12.5. The van der Waals surface area contributed by atoms with Crippen molar-refractivity contribution in [2.75, 3.05) is 19.6 Å². The summed E-state index contributed by atoms with van der Waals surface area (Å²) in [5, 5.41) is 11.7. The molecule has 2 rings (SSSR count). The van der Waals surface area contributed by atoms with Gasteiger partial charge in [0.1, 0.15) is 0 Å². The smallest absolute Gasteiger partial charge is 0.312 e. The van der Waals surface area contributed by atoms with Crippen LogP contribution >= 0.6 is 0 Å². The van der Waals surface area contributed by atoms with Crippen LogP contribution in [0, 0.1) is 23.2 Å². The summed E-state index contributed by atoms with van der Waals surface area (Å²) in [5.41, 5.74) is 4.58. The predicted octanol–water partition coefficient (Wildman–Crippen LogP) is 0.250. The number of carboxylic acid groups (broad SMARTS) is 1. The average molecular weight is 297 g/mol. The van der Waals surface area contributed by atoms with E-state index in [1.807, 2.05) is 13.8 Å². The highest BCUT2D eigenvalue weighted by Crippen LogP contribution is 2.59. The third-order valence-electron chi connectivity index (χ3n) is 4.76. The first-order valence-electron chi connectivity index (χ1n) is 7.30. The van der Waals surface area contributed by atoms with Crippen LogP contribution in [0.15, 0.2) is 0 Å². The molecule has 7 nitrogen and oxygen atoms in total. The highest BCUT2D eigenvalue weighted by molar-refractivity contribution is 5.91. The average Bonchev–Trinajstić information content (AvgIpc) is 2.99. The van der Waals surface area contributed by atoms with Gasteiger partial charge in [0, 0.05) is 19.6 Å². The Kier molecular flexibility index (Phi) is 4.11.